The first-order chi connectivity index (χ1) is 9.32. The summed E-state index contributed by atoms with van der Waals surface area (Å²) in [7, 11) is -1.39. The molecule has 1 aliphatic rings. The molecule has 0 fully saturated rings. The lowest BCUT2D eigenvalue weighted by Gasteiger charge is -2.14. The molecule has 0 N–H and O–H groups in total. The average molecular weight is 292 g/mol. The van der Waals surface area contributed by atoms with Gasteiger partial charge in [-0.15, -0.1) is 0 Å². The van der Waals surface area contributed by atoms with Gasteiger partial charge in [-0.25, -0.2) is 4.21 Å². The van der Waals surface area contributed by atoms with Gasteiger partial charge in [0.25, 0.3) is 11.8 Å². The third-order valence-electron chi connectivity index (χ3n) is 2.84. The highest BCUT2D eigenvalue weighted by atomic mass is 32.2. The van der Waals surface area contributed by atoms with Crippen molar-refractivity contribution in [3.63, 3.8) is 0 Å². The standard InChI is InChI=1S/C14H16N2O3S/c1-14(2,3)20(19)15-8-9-16-12(17)10-6-4-5-7-11(10)13(16)18/h4-8H,9H2,1-3H3/b15-8+/t20-/m0/s1. The Morgan fingerprint density at radius 2 is 1.65 bits per heavy atom. The number of carbonyl (C=O) groups excluding carboxylic acids is 2. The van der Waals surface area contributed by atoms with Crippen LogP contribution in [0.5, 0.6) is 0 Å². The number of nitrogens with zero attached hydrogens (tertiary/aromatic N) is 2. The van der Waals surface area contributed by atoms with Crippen LogP contribution in [0.2, 0.25) is 0 Å². The Hall–Kier alpha value is -1.82. The maximum Gasteiger partial charge on any atom is 0.261 e. The quantitative estimate of drug-likeness (QED) is 0.630. The summed E-state index contributed by atoms with van der Waals surface area (Å²) in [6, 6.07) is 6.69. The summed E-state index contributed by atoms with van der Waals surface area (Å²) in [6.07, 6.45) is 1.36. The molecule has 0 unspecified atom stereocenters. The van der Waals surface area contributed by atoms with Crippen molar-refractivity contribution in [3.05, 3.63) is 35.4 Å². The zero-order chi connectivity index (χ0) is 14.9. The summed E-state index contributed by atoms with van der Waals surface area (Å²) in [6.45, 7) is 5.46. The summed E-state index contributed by atoms with van der Waals surface area (Å²) in [5, 5.41) is 0. The molecule has 1 heterocycles. The highest BCUT2D eigenvalue weighted by molar-refractivity contribution is 7.85. The van der Waals surface area contributed by atoms with Crippen molar-refractivity contribution >= 4 is 29.0 Å². The van der Waals surface area contributed by atoms with Gasteiger partial charge < -0.3 is 0 Å². The van der Waals surface area contributed by atoms with Crippen molar-refractivity contribution in [2.45, 2.75) is 25.5 Å². The molecule has 0 saturated carbocycles. The fraction of sp³-hybridized carbons (Fsp3) is 0.357. The van der Waals surface area contributed by atoms with E-state index in [0.717, 1.165) is 4.90 Å². The van der Waals surface area contributed by atoms with Gasteiger partial charge in [-0.05, 0) is 32.9 Å². The summed E-state index contributed by atoms with van der Waals surface area (Å²) in [5.41, 5.74) is 0.811. The van der Waals surface area contributed by atoms with Gasteiger partial charge in [-0.2, -0.15) is 4.40 Å². The first-order valence-electron chi connectivity index (χ1n) is 6.22. The molecule has 0 aromatic heterocycles. The van der Waals surface area contributed by atoms with E-state index in [9.17, 15) is 13.8 Å². The van der Waals surface area contributed by atoms with Gasteiger partial charge in [0.05, 0.1) is 22.4 Å². The van der Waals surface area contributed by atoms with Crippen LogP contribution in [-0.2, 0) is 11.0 Å². The fourth-order valence-corrected chi connectivity index (χ4v) is 2.26. The van der Waals surface area contributed by atoms with E-state index in [1.165, 1.54) is 6.21 Å². The van der Waals surface area contributed by atoms with Gasteiger partial charge in [-0.3, -0.25) is 14.5 Å². The lowest BCUT2D eigenvalue weighted by Crippen LogP contribution is -2.31. The van der Waals surface area contributed by atoms with E-state index in [-0.39, 0.29) is 18.4 Å². The van der Waals surface area contributed by atoms with Crippen LogP contribution in [-0.4, -0.2) is 38.4 Å². The second-order valence-corrected chi connectivity index (χ2v) is 7.35. The maximum atomic E-state index is 12.0. The molecule has 0 saturated heterocycles. The number of carbonyl (C=O) groups is 2. The topological polar surface area (TPSA) is 66.8 Å². The Morgan fingerprint density at radius 3 is 2.10 bits per heavy atom. The molecule has 1 atom stereocenters. The minimum absolute atomic E-state index is 0.0359. The molecular formula is C14H16N2O3S. The SMILES string of the molecule is CC(C)(C)[S@](=O)/N=C/CN1C(=O)c2ccccc2C1=O. The van der Waals surface area contributed by atoms with Crippen molar-refractivity contribution in [2.75, 3.05) is 6.54 Å². The number of amides is 2. The molecule has 6 heteroatoms. The van der Waals surface area contributed by atoms with Crippen LogP contribution in [0.15, 0.2) is 28.7 Å². The van der Waals surface area contributed by atoms with Gasteiger partial charge in [0, 0.05) is 6.21 Å². The van der Waals surface area contributed by atoms with Crippen LogP contribution >= 0.6 is 0 Å². The molecule has 2 rings (SSSR count). The summed E-state index contributed by atoms with van der Waals surface area (Å²) in [5.74, 6) is -0.669. The smallest absolute Gasteiger partial charge is 0.261 e. The van der Waals surface area contributed by atoms with Gasteiger partial charge in [-0.1, -0.05) is 12.1 Å². The Kier molecular flexibility index (Phi) is 3.85. The Labute approximate surface area is 120 Å². The number of rotatable bonds is 3. The van der Waals surface area contributed by atoms with E-state index in [1.807, 2.05) is 20.8 Å². The van der Waals surface area contributed by atoms with E-state index >= 15 is 0 Å². The Morgan fingerprint density at radius 1 is 1.15 bits per heavy atom. The Balaban J connectivity index is 2.10. The molecule has 0 aliphatic carbocycles. The zero-order valence-electron chi connectivity index (χ0n) is 11.6. The largest absolute Gasteiger partial charge is 0.269 e. The van der Waals surface area contributed by atoms with Gasteiger partial charge >= 0.3 is 0 Å². The molecule has 106 valence electrons. The van der Waals surface area contributed by atoms with Crippen molar-refractivity contribution < 1.29 is 13.8 Å². The number of hydrogen-bond acceptors (Lipinski definition) is 3. The lowest BCUT2D eigenvalue weighted by atomic mass is 10.1. The van der Waals surface area contributed by atoms with Crippen LogP contribution in [0.4, 0.5) is 0 Å². The highest BCUT2D eigenvalue weighted by Crippen LogP contribution is 2.21. The van der Waals surface area contributed by atoms with E-state index in [4.69, 9.17) is 0 Å². The minimum atomic E-state index is -1.39. The summed E-state index contributed by atoms with van der Waals surface area (Å²) >= 11 is 0. The molecule has 1 aromatic rings. The molecule has 1 aliphatic heterocycles. The third-order valence-corrected chi connectivity index (χ3v) is 4.22. The predicted molar refractivity (Wildman–Crippen MR) is 78.2 cm³/mol. The van der Waals surface area contributed by atoms with Gasteiger partial charge in [0.15, 0.2) is 0 Å². The highest BCUT2D eigenvalue weighted by Gasteiger charge is 2.34. The first-order valence-corrected chi connectivity index (χ1v) is 7.33. The zero-order valence-corrected chi connectivity index (χ0v) is 12.4. The van der Waals surface area contributed by atoms with E-state index < -0.39 is 15.7 Å². The monoisotopic (exact) mass is 292 g/mol. The van der Waals surface area contributed by atoms with E-state index in [2.05, 4.69) is 4.40 Å². The number of fused-ring (bicyclic) bond motifs is 1. The molecule has 0 radical (unpaired) electrons. The van der Waals surface area contributed by atoms with Crippen molar-refractivity contribution in [1.29, 1.82) is 0 Å². The number of imide groups is 1. The first kappa shape index (κ1) is 14.6. The third kappa shape index (κ3) is 2.70. The summed E-state index contributed by atoms with van der Waals surface area (Å²) < 4.78 is 15.2. The van der Waals surface area contributed by atoms with Crippen molar-refractivity contribution in [1.82, 2.24) is 4.90 Å². The van der Waals surface area contributed by atoms with Crippen molar-refractivity contribution in [3.8, 4) is 0 Å². The lowest BCUT2D eigenvalue weighted by molar-refractivity contribution is 0.0679. The average Bonchev–Trinajstić information content (AvgIpc) is 2.63. The van der Waals surface area contributed by atoms with Gasteiger partial charge in [0.1, 0.15) is 11.0 Å². The predicted octanol–water partition coefficient (Wildman–Crippen LogP) is 1.82. The normalized spacial score (nSPS) is 16.9. The minimum Gasteiger partial charge on any atom is -0.269 e. The maximum absolute atomic E-state index is 12.0. The van der Waals surface area contributed by atoms with Crippen LogP contribution < -0.4 is 0 Å². The number of benzene rings is 1. The van der Waals surface area contributed by atoms with Gasteiger partial charge in [0.2, 0.25) is 0 Å². The second kappa shape index (κ2) is 5.28. The number of hydrogen-bond donors (Lipinski definition) is 0. The van der Waals surface area contributed by atoms with E-state index in [0.29, 0.717) is 11.1 Å². The Bertz CT molecular complexity index is 582. The van der Waals surface area contributed by atoms with Crippen LogP contribution in [0.25, 0.3) is 0 Å². The van der Waals surface area contributed by atoms with Crippen LogP contribution in [0.3, 0.4) is 0 Å². The van der Waals surface area contributed by atoms with Crippen LogP contribution in [0.1, 0.15) is 41.5 Å². The molecule has 2 amide bonds. The second-order valence-electron chi connectivity index (χ2n) is 5.42. The molecule has 0 bridgehead atoms. The fourth-order valence-electron chi connectivity index (χ4n) is 1.75. The van der Waals surface area contributed by atoms with E-state index in [1.54, 1.807) is 24.3 Å². The summed E-state index contributed by atoms with van der Waals surface area (Å²) in [4.78, 5) is 25.2. The van der Waals surface area contributed by atoms with Crippen LogP contribution in [0, 0.1) is 0 Å². The molecule has 5 nitrogen and oxygen atoms in total. The molecule has 0 spiro atoms. The molecule has 20 heavy (non-hydrogen) atoms. The molecule has 1 aromatic carbocycles. The van der Waals surface area contributed by atoms with Crippen molar-refractivity contribution in [2.24, 2.45) is 4.40 Å². The molecular weight excluding hydrogens is 276 g/mol.